The fraction of sp³-hybridized carbons (Fsp3) is 0.308. The predicted octanol–water partition coefficient (Wildman–Crippen LogP) is 3.85. The largest absolute Gasteiger partial charge is 0.573 e. The van der Waals surface area contributed by atoms with E-state index in [4.69, 9.17) is 5.73 Å². The van der Waals surface area contributed by atoms with E-state index in [1.165, 1.54) is 31.2 Å². The van der Waals surface area contributed by atoms with Crippen LogP contribution in [0.5, 0.6) is 5.75 Å². The molecular weight excluding hydrogens is 291 g/mol. The fourth-order valence-corrected chi connectivity index (χ4v) is 1.94. The van der Waals surface area contributed by atoms with E-state index in [1.807, 2.05) is 0 Å². The number of hydrogen-bond acceptors (Lipinski definition) is 4. The predicted molar refractivity (Wildman–Crippen MR) is 74.3 cm³/mol. The summed E-state index contributed by atoms with van der Waals surface area (Å²) in [7, 11) is 0. The molecule has 1 aromatic rings. The van der Waals surface area contributed by atoms with Crippen LogP contribution in [-0.2, 0) is 4.79 Å². The Hall–Kier alpha value is -1.63. The van der Waals surface area contributed by atoms with Crippen LogP contribution in [0.2, 0.25) is 0 Å². The Bertz CT molecular complexity index is 501. The zero-order valence-corrected chi connectivity index (χ0v) is 11.6. The highest BCUT2D eigenvalue weighted by atomic mass is 32.2. The number of nitrogens with two attached hydrogens (primary N) is 1. The van der Waals surface area contributed by atoms with Gasteiger partial charge in [-0.15, -0.1) is 13.2 Å². The van der Waals surface area contributed by atoms with Crippen molar-refractivity contribution in [2.45, 2.75) is 19.7 Å². The Labute approximate surface area is 119 Å². The zero-order valence-electron chi connectivity index (χ0n) is 10.7. The molecule has 0 aliphatic rings. The number of hydrogen-bond donors (Lipinski definition) is 1. The molecule has 0 aromatic heterocycles. The molecule has 0 heterocycles. The van der Waals surface area contributed by atoms with E-state index < -0.39 is 6.36 Å². The van der Waals surface area contributed by atoms with Gasteiger partial charge in [-0.3, -0.25) is 4.79 Å². The zero-order chi connectivity index (χ0) is 15.2. The van der Waals surface area contributed by atoms with E-state index >= 15 is 0 Å². The first-order valence-electron chi connectivity index (χ1n) is 5.73. The van der Waals surface area contributed by atoms with Gasteiger partial charge in [-0.2, -0.15) is 0 Å². The Morgan fingerprint density at radius 1 is 1.45 bits per heavy atom. The minimum atomic E-state index is -4.75. The Morgan fingerprint density at radius 3 is 2.75 bits per heavy atom. The Balaban J connectivity index is 2.74. The third-order valence-electron chi connectivity index (χ3n) is 2.15. The Kier molecular flexibility index (Phi) is 5.94. The van der Waals surface area contributed by atoms with Crippen molar-refractivity contribution in [3.05, 3.63) is 29.8 Å². The summed E-state index contributed by atoms with van der Waals surface area (Å²) >= 11 is 1.16. The quantitative estimate of drug-likeness (QED) is 0.663. The number of ether oxygens (including phenoxy) is 1. The van der Waals surface area contributed by atoms with Crippen molar-refractivity contribution in [1.29, 1.82) is 0 Å². The second kappa shape index (κ2) is 7.23. The van der Waals surface area contributed by atoms with Gasteiger partial charge < -0.3 is 10.5 Å². The van der Waals surface area contributed by atoms with Crippen molar-refractivity contribution in [1.82, 2.24) is 0 Å². The number of thioether (sulfide) groups is 1. The minimum absolute atomic E-state index is 0.00319. The number of allylic oxidation sites excluding steroid dienone is 1. The average Bonchev–Trinajstić information content (AvgIpc) is 2.30. The van der Waals surface area contributed by atoms with Gasteiger partial charge in [0, 0.05) is 23.9 Å². The van der Waals surface area contributed by atoms with Crippen LogP contribution in [-0.4, -0.2) is 17.2 Å². The molecule has 0 bridgehead atoms. The molecule has 2 N–H and O–H groups in total. The van der Waals surface area contributed by atoms with Gasteiger partial charge in [0.2, 0.25) is 0 Å². The first-order chi connectivity index (χ1) is 9.28. The topological polar surface area (TPSA) is 52.3 Å². The summed E-state index contributed by atoms with van der Waals surface area (Å²) < 4.78 is 40.6. The highest BCUT2D eigenvalue weighted by Crippen LogP contribution is 2.29. The van der Waals surface area contributed by atoms with E-state index in [0.29, 0.717) is 17.9 Å². The molecule has 0 fully saturated rings. The average molecular weight is 305 g/mol. The van der Waals surface area contributed by atoms with Crippen LogP contribution in [0.15, 0.2) is 24.3 Å². The summed E-state index contributed by atoms with van der Waals surface area (Å²) in [6, 6.07) is 3.91. The highest BCUT2D eigenvalue weighted by molar-refractivity contribution is 8.13. The smallest absolute Gasteiger partial charge is 0.405 e. The van der Waals surface area contributed by atoms with Crippen LogP contribution in [0.25, 0.3) is 6.08 Å². The van der Waals surface area contributed by atoms with E-state index in [1.54, 1.807) is 6.08 Å². The lowest BCUT2D eigenvalue weighted by atomic mass is 10.1. The second-order valence-corrected chi connectivity index (χ2v) is 5.15. The molecule has 0 unspecified atom stereocenters. The summed E-state index contributed by atoms with van der Waals surface area (Å²) in [5.41, 5.74) is 6.13. The number of benzene rings is 1. The molecule has 0 aliphatic carbocycles. The summed E-state index contributed by atoms with van der Waals surface area (Å²) in [5, 5.41) is 0.00319. The van der Waals surface area contributed by atoms with Gasteiger partial charge >= 0.3 is 6.36 Å². The number of carbonyl (C=O) groups is 1. The number of nitrogen functional groups attached to an aromatic ring is 1. The minimum Gasteiger partial charge on any atom is -0.405 e. The molecule has 0 saturated carbocycles. The van der Waals surface area contributed by atoms with Crippen molar-refractivity contribution in [2.75, 3.05) is 11.5 Å². The van der Waals surface area contributed by atoms with Crippen molar-refractivity contribution in [2.24, 2.45) is 0 Å². The molecule has 1 aromatic carbocycles. The van der Waals surface area contributed by atoms with Crippen molar-refractivity contribution in [3.63, 3.8) is 0 Å². The SMILES string of the molecule is CC(=O)SCCC=Cc1cc(N)ccc1OC(F)(F)F. The van der Waals surface area contributed by atoms with Crippen molar-refractivity contribution < 1.29 is 22.7 Å². The third-order valence-corrected chi connectivity index (χ3v) is 2.99. The summed E-state index contributed by atoms with van der Waals surface area (Å²) in [6.45, 7) is 1.46. The maximum absolute atomic E-state index is 12.2. The molecule has 0 radical (unpaired) electrons. The van der Waals surface area contributed by atoms with Gasteiger partial charge in [-0.05, 0) is 24.6 Å². The van der Waals surface area contributed by atoms with E-state index in [-0.39, 0.29) is 16.4 Å². The summed E-state index contributed by atoms with van der Waals surface area (Å²) in [5.74, 6) is 0.269. The molecule has 0 aliphatic heterocycles. The normalized spacial score (nSPS) is 11.8. The number of carbonyl (C=O) groups excluding carboxylic acids is 1. The molecular formula is C13H14F3NO2S. The van der Waals surface area contributed by atoms with Crippen LogP contribution < -0.4 is 10.5 Å². The molecule has 7 heteroatoms. The van der Waals surface area contributed by atoms with Gasteiger partial charge in [-0.25, -0.2) is 0 Å². The number of alkyl halides is 3. The van der Waals surface area contributed by atoms with Gasteiger partial charge in [0.05, 0.1) is 0 Å². The van der Waals surface area contributed by atoms with E-state index in [2.05, 4.69) is 4.74 Å². The lowest BCUT2D eigenvalue weighted by Crippen LogP contribution is -2.17. The first-order valence-corrected chi connectivity index (χ1v) is 6.71. The number of halogens is 3. The lowest BCUT2D eigenvalue weighted by Gasteiger charge is -2.11. The molecule has 0 atom stereocenters. The molecule has 3 nitrogen and oxygen atoms in total. The van der Waals surface area contributed by atoms with E-state index in [9.17, 15) is 18.0 Å². The molecule has 110 valence electrons. The van der Waals surface area contributed by atoms with Crippen LogP contribution in [0.3, 0.4) is 0 Å². The van der Waals surface area contributed by atoms with Crippen LogP contribution in [0.4, 0.5) is 18.9 Å². The van der Waals surface area contributed by atoms with Gasteiger partial charge in [-0.1, -0.05) is 23.9 Å². The third kappa shape index (κ3) is 6.51. The van der Waals surface area contributed by atoms with Crippen LogP contribution in [0, 0.1) is 0 Å². The molecule has 0 saturated heterocycles. The van der Waals surface area contributed by atoms with Crippen LogP contribution >= 0.6 is 11.8 Å². The molecule has 0 spiro atoms. The maximum atomic E-state index is 12.2. The van der Waals surface area contributed by atoms with Gasteiger partial charge in [0.15, 0.2) is 5.12 Å². The summed E-state index contributed by atoms with van der Waals surface area (Å²) in [4.78, 5) is 10.7. The maximum Gasteiger partial charge on any atom is 0.573 e. The Morgan fingerprint density at radius 2 is 2.15 bits per heavy atom. The standard InChI is InChI=1S/C13H14F3NO2S/c1-9(18)20-7-3-2-4-10-8-11(17)5-6-12(10)19-13(14,15)16/h2,4-6,8H,3,7,17H2,1H3. The second-order valence-electron chi connectivity index (χ2n) is 3.88. The van der Waals surface area contributed by atoms with Gasteiger partial charge in [0.1, 0.15) is 5.75 Å². The first kappa shape index (κ1) is 16.4. The van der Waals surface area contributed by atoms with Gasteiger partial charge in [0.25, 0.3) is 0 Å². The molecule has 1 rings (SSSR count). The number of rotatable bonds is 5. The molecule has 20 heavy (non-hydrogen) atoms. The van der Waals surface area contributed by atoms with E-state index in [0.717, 1.165) is 11.8 Å². The summed E-state index contributed by atoms with van der Waals surface area (Å²) in [6.07, 6.45) is -1.01. The fourth-order valence-electron chi connectivity index (χ4n) is 1.40. The lowest BCUT2D eigenvalue weighted by molar-refractivity contribution is -0.274. The van der Waals surface area contributed by atoms with Crippen LogP contribution in [0.1, 0.15) is 18.9 Å². The highest BCUT2D eigenvalue weighted by Gasteiger charge is 2.31. The number of anilines is 1. The van der Waals surface area contributed by atoms with Crippen molar-refractivity contribution >= 4 is 28.6 Å². The molecule has 0 amide bonds. The van der Waals surface area contributed by atoms with Crippen molar-refractivity contribution in [3.8, 4) is 5.75 Å². The monoisotopic (exact) mass is 305 g/mol.